The zero-order valence-electron chi connectivity index (χ0n) is 24.3. The molecule has 7 nitrogen and oxygen atoms in total. The Morgan fingerprint density at radius 2 is 2.05 bits per heavy atom. The minimum absolute atomic E-state index is 0.0112. The lowest BCUT2D eigenvalue weighted by atomic mass is 9.43. The van der Waals surface area contributed by atoms with Gasteiger partial charge in [-0.1, -0.05) is 45.8 Å². The molecule has 5 rings (SSSR count). The van der Waals surface area contributed by atoms with Crippen molar-refractivity contribution in [2.24, 2.45) is 45.8 Å². The molecule has 0 aromatic carbocycles. The number of carboxylic acids is 1. The SMILES string of the molecule is [2H]C(C)CO[C@H]1CC(OCC23CC4C(C)CCC4C4(C=O)CC2C=C(C(C)C)C43C(=O)O)O[C@H](C)[C@H]1OC. The molecule has 4 aliphatic carbocycles. The first-order valence-electron chi connectivity index (χ1n) is 14.8. The number of hydrogen-bond donors (Lipinski definition) is 1. The van der Waals surface area contributed by atoms with Gasteiger partial charge < -0.3 is 28.8 Å². The van der Waals surface area contributed by atoms with Crippen molar-refractivity contribution >= 4 is 12.3 Å². The maximum absolute atomic E-state index is 13.6. The van der Waals surface area contributed by atoms with E-state index in [1.807, 2.05) is 6.92 Å². The van der Waals surface area contributed by atoms with Gasteiger partial charge in [0, 0.05) is 26.9 Å². The molecule has 0 radical (unpaired) electrons. The fourth-order valence-corrected chi connectivity index (χ4v) is 9.71. The van der Waals surface area contributed by atoms with Crippen molar-refractivity contribution in [2.45, 2.75) is 97.7 Å². The normalized spacial score (nSPS) is 49.5. The Bertz CT molecular complexity index is 966. The van der Waals surface area contributed by atoms with E-state index in [2.05, 4.69) is 26.8 Å². The molecule has 37 heavy (non-hydrogen) atoms. The molecular formula is C30H46O7. The highest BCUT2D eigenvalue weighted by Crippen LogP contribution is 2.82. The summed E-state index contributed by atoms with van der Waals surface area (Å²) in [6.45, 7) is 10.6. The lowest BCUT2D eigenvalue weighted by Gasteiger charge is -2.58. The van der Waals surface area contributed by atoms with Crippen LogP contribution in [-0.4, -0.2) is 62.3 Å². The average Bonchev–Trinajstić information content (AvgIpc) is 3.43. The van der Waals surface area contributed by atoms with Crippen molar-refractivity contribution < 1.29 is 35.0 Å². The van der Waals surface area contributed by atoms with Crippen LogP contribution < -0.4 is 0 Å². The molecule has 1 heterocycles. The highest BCUT2D eigenvalue weighted by atomic mass is 16.7. The molecule has 12 atom stereocenters. The number of carbonyl (C=O) groups excluding carboxylic acids is 1. The van der Waals surface area contributed by atoms with Gasteiger partial charge in [-0.15, -0.1) is 0 Å². The maximum Gasteiger partial charge on any atom is 0.315 e. The van der Waals surface area contributed by atoms with Crippen LogP contribution in [0.1, 0.15) is 74.5 Å². The van der Waals surface area contributed by atoms with E-state index in [9.17, 15) is 14.7 Å². The number of rotatable bonds is 10. The highest BCUT2D eigenvalue weighted by molar-refractivity contribution is 5.90. The number of carbonyl (C=O) groups is 2. The predicted octanol–water partition coefficient (Wildman–Crippen LogP) is 4.87. The Labute approximate surface area is 223 Å². The van der Waals surface area contributed by atoms with Crippen molar-refractivity contribution in [3.05, 3.63) is 11.6 Å². The van der Waals surface area contributed by atoms with E-state index in [4.69, 9.17) is 20.3 Å². The summed E-state index contributed by atoms with van der Waals surface area (Å²) in [6, 6.07) is 0. The Kier molecular flexibility index (Phi) is 6.82. The Hall–Kier alpha value is -1.28. The Balaban J connectivity index is 1.49. The molecule has 0 amide bonds. The second kappa shape index (κ2) is 9.72. The number of hydrogen-bond acceptors (Lipinski definition) is 6. The summed E-state index contributed by atoms with van der Waals surface area (Å²) in [7, 11) is 1.64. The van der Waals surface area contributed by atoms with Gasteiger partial charge in [-0.25, -0.2) is 0 Å². The highest BCUT2D eigenvalue weighted by Gasteiger charge is 2.84. The van der Waals surface area contributed by atoms with Crippen LogP contribution in [0.2, 0.25) is 0 Å². The van der Waals surface area contributed by atoms with E-state index in [1.54, 1.807) is 14.0 Å². The summed E-state index contributed by atoms with van der Waals surface area (Å²) >= 11 is 0. The van der Waals surface area contributed by atoms with E-state index in [-0.39, 0.29) is 49.1 Å². The van der Waals surface area contributed by atoms with E-state index in [1.165, 1.54) is 0 Å². The topological polar surface area (TPSA) is 91.3 Å². The summed E-state index contributed by atoms with van der Waals surface area (Å²) in [5.74, 6) is 0.0353. The third-order valence-corrected chi connectivity index (χ3v) is 11.0. The largest absolute Gasteiger partial charge is 0.481 e. The molecule has 4 bridgehead atoms. The molecule has 1 saturated heterocycles. The summed E-state index contributed by atoms with van der Waals surface area (Å²) in [6.07, 6.45) is 5.25. The standard InChI is InChI=1S/C30H46O7/c1-7-10-35-24-12-25(37-19(5)26(24)34-6)36-16-29-14-21-18(4)8-9-22(21)28(15-31)13-20(29)11-23(17(2)3)30(28,29)27(32)33/h11,15,17-22,24-26H,7-10,12-14,16H2,1-6H3,(H,32,33)/t18?,19-,20?,21?,22?,24+,25?,26-,28?,29?,30?/m1/s1/i7D/t7?,18?,19-,20?,21?,22?,24+,25?,26-,28?,29?,30?. The second-order valence-electron chi connectivity index (χ2n) is 12.8. The minimum atomic E-state index is -1.25. The molecule has 0 aromatic heterocycles. The number of methoxy groups -OCH3 is 1. The van der Waals surface area contributed by atoms with Gasteiger partial charge in [0.05, 0.1) is 24.2 Å². The average molecular weight is 520 g/mol. The molecule has 208 valence electrons. The van der Waals surface area contributed by atoms with Crippen LogP contribution in [0.25, 0.3) is 0 Å². The third-order valence-electron chi connectivity index (χ3n) is 11.0. The van der Waals surface area contributed by atoms with Gasteiger partial charge >= 0.3 is 5.97 Å². The number of aliphatic carboxylic acids is 1. The zero-order valence-corrected chi connectivity index (χ0v) is 23.3. The fourth-order valence-electron chi connectivity index (χ4n) is 9.71. The van der Waals surface area contributed by atoms with Gasteiger partial charge in [0.15, 0.2) is 6.29 Å². The number of allylic oxidation sites excluding steroid dienone is 1. The Morgan fingerprint density at radius 1 is 1.30 bits per heavy atom. The molecule has 7 heteroatoms. The lowest BCUT2D eigenvalue weighted by molar-refractivity contribution is -0.272. The first-order valence-corrected chi connectivity index (χ1v) is 14.2. The van der Waals surface area contributed by atoms with Gasteiger partial charge in [-0.3, -0.25) is 4.79 Å². The van der Waals surface area contributed by atoms with Gasteiger partial charge in [0.1, 0.15) is 17.8 Å². The molecule has 1 N–H and O–H groups in total. The van der Waals surface area contributed by atoms with Gasteiger partial charge in [-0.05, 0) is 62.2 Å². The van der Waals surface area contributed by atoms with Crippen LogP contribution in [0.5, 0.6) is 0 Å². The molecule has 3 saturated carbocycles. The van der Waals surface area contributed by atoms with E-state index in [0.717, 1.165) is 31.1 Å². The van der Waals surface area contributed by atoms with Gasteiger partial charge in [0.2, 0.25) is 0 Å². The van der Waals surface area contributed by atoms with E-state index in [0.29, 0.717) is 31.3 Å². The third kappa shape index (κ3) is 3.52. The van der Waals surface area contributed by atoms with E-state index < -0.39 is 28.5 Å². The summed E-state index contributed by atoms with van der Waals surface area (Å²) in [5.41, 5.74) is -1.92. The first kappa shape index (κ1) is 26.0. The van der Waals surface area contributed by atoms with Gasteiger partial charge in [-0.2, -0.15) is 0 Å². The van der Waals surface area contributed by atoms with Crippen LogP contribution in [0.4, 0.5) is 0 Å². The lowest BCUT2D eigenvalue weighted by Crippen LogP contribution is -2.63. The molecule has 4 fully saturated rings. The van der Waals surface area contributed by atoms with Crippen molar-refractivity contribution in [3.8, 4) is 0 Å². The first-order chi connectivity index (χ1) is 18.0. The van der Waals surface area contributed by atoms with Crippen LogP contribution >= 0.6 is 0 Å². The Morgan fingerprint density at radius 3 is 2.68 bits per heavy atom. The van der Waals surface area contributed by atoms with Crippen molar-refractivity contribution in [1.29, 1.82) is 0 Å². The van der Waals surface area contributed by atoms with Crippen molar-refractivity contribution in [1.82, 2.24) is 0 Å². The number of fused-ring (bicyclic) bond motifs is 2. The molecule has 9 unspecified atom stereocenters. The summed E-state index contributed by atoms with van der Waals surface area (Å²) < 4.78 is 32.4. The smallest absolute Gasteiger partial charge is 0.315 e. The maximum atomic E-state index is 13.6. The number of ether oxygens (including phenoxy) is 4. The minimum Gasteiger partial charge on any atom is -0.481 e. The monoisotopic (exact) mass is 519 g/mol. The van der Waals surface area contributed by atoms with Crippen LogP contribution in [0, 0.1) is 45.8 Å². The summed E-state index contributed by atoms with van der Waals surface area (Å²) in [4.78, 5) is 26.8. The van der Waals surface area contributed by atoms with Crippen LogP contribution in [-0.2, 0) is 28.5 Å². The molecule has 0 spiro atoms. The number of aldehydes is 1. The molecule has 5 aliphatic rings. The molecule has 0 aromatic rings. The number of carboxylic acid groups (broad SMARTS) is 1. The molecular weight excluding hydrogens is 472 g/mol. The summed E-state index contributed by atoms with van der Waals surface area (Å²) in [5, 5.41) is 11.1. The van der Waals surface area contributed by atoms with Crippen LogP contribution in [0.15, 0.2) is 11.6 Å². The van der Waals surface area contributed by atoms with E-state index >= 15 is 0 Å². The van der Waals surface area contributed by atoms with Gasteiger partial charge in [0.25, 0.3) is 0 Å². The van der Waals surface area contributed by atoms with Crippen LogP contribution in [0.3, 0.4) is 0 Å². The predicted molar refractivity (Wildman–Crippen MR) is 138 cm³/mol. The second-order valence-corrected chi connectivity index (χ2v) is 12.8. The van der Waals surface area contributed by atoms with Crippen molar-refractivity contribution in [2.75, 3.05) is 20.3 Å². The van der Waals surface area contributed by atoms with Crippen molar-refractivity contribution in [3.63, 3.8) is 0 Å². The fraction of sp³-hybridized carbons (Fsp3) is 0.867. The quantitative estimate of drug-likeness (QED) is 0.325. The molecule has 1 aliphatic heterocycles. The zero-order chi connectivity index (χ0) is 27.6.